The Morgan fingerprint density at radius 2 is 1.23 bits per heavy atom. The molecule has 0 spiro atoms. The summed E-state index contributed by atoms with van der Waals surface area (Å²) in [6.45, 7) is 17.2. The zero-order chi connectivity index (χ0) is 26.6. The molecule has 1 saturated carbocycles. The molecule has 0 amide bonds. The Hall–Kier alpha value is -1.19. The third-order valence-electron chi connectivity index (χ3n) is 7.20. The largest absolute Gasteiger partial charge is 0.790 e. The highest BCUT2D eigenvalue weighted by Gasteiger charge is 2.58. The monoisotopic (exact) mass is 504 g/mol. The molecular weight excluding hydrogens is 455 g/mol. The maximum atomic E-state index is 11.1. The minimum atomic E-state index is -4.95. The van der Waals surface area contributed by atoms with Gasteiger partial charge in [-0.15, -0.1) is 0 Å². The first-order chi connectivity index (χ1) is 16.2. The second-order valence-electron chi connectivity index (χ2n) is 11.2. The second kappa shape index (κ2) is 15.2. The van der Waals surface area contributed by atoms with Crippen LogP contribution in [0.25, 0.3) is 0 Å². The first-order valence-corrected chi connectivity index (χ1v) is 14.6. The van der Waals surface area contributed by atoms with Gasteiger partial charge in [0.2, 0.25) is 0 Å². The van der Waals surface area contributed by atoms with Crippen molar-refractivity contribution >= 4 is 7.82 Å². The van der Waals surface area contributed by atoms with Gasteiger partial charge in [-0.2, -0.15) is 0 Å². The molecule has 1 aliphatic rings. The van der Waals surface area contributed by atoms with E-state index in [-0.39, 0.29) is 23.9 Å². The van der Waals surface area contributed by atoms with Crippen molar-refractivity contribution in [2.75, 3.05) is 6.61 Å². The summed E-state index contributed by atoms with van der Waals surface area (Å²) in [5, 5.41) is 0. The average Bonchev–Trinajstić information content (AvgIpc) is 3.26. The molecule has 1 rings (SSSR count). The molecule has 35 heavy (non-hydrogen) atoms. The van der Waals surface area contributed by atoms with Crippen LogP contribution in [0.1, 0.15) is 107 Å². The molecule has 0 radical (unpaired) electrons. The molecule has 200 valence electrons. The molecule has 0 bridgehead atoms. The number of phosphoric acid groups is 1. The minimum Gasteiger partial charge on any atom is -0.790 e. The van der Waals surface area contributed by atoms with Crippen molar-refractivity contribution in [3.05, 3.63) is 58.2 Å². The van der Waals surface area contributed by atoms with Crippen LogP contribution < -0.4 is 9.79 Å². The van der Waals surface area contributed by atoms with E-state index in [0.717, 1.165) is 51.4 Å². The third kappa shape index (κ3) is 13.6. The summed E-state index contributed by atoms with van der Waals surface area (Å²) < 4.78 is 15.8. The van der Waals surface area contributed by atoms with Crippen molar-refractivity contribution in [2.45, 2.75) is 107 Å². The maximum Gasteiger partial charge on any atom is 0.0596 e. The molecule has 1 fully saturated rings. The summed E-state index contributed by atoms with van der Waals surface area (Å²) >= 11 is 0. The van der Waals surface area contributed by atoms with Crippen LogP contribution in [0, 0.1) is 17.3 Å². The molecule has 4 nitrogen and oxygen atoms in total. The Kier molecular flexibility index (Phi) is 13.8. The molecule has 5 heteroatoms. The summed E-state index contributed by atoms with van der Waals surface area (Å²) in [4.78, 5) is 22.2. The van der Waals surface area contributed by atoms with Crippen molar-refractivity contribution < 1.29 is 18.9 Å². The molecule has 0 aromatic rings. The van der Waals surface area contributed by atoms with Crippen LogP contribution in [0.4, 0.5) is 0 Å². The fraction of sp³-hybridized carbons (Fsp3) is 0.667. The van der Waals surface area contributed by atoms with Gasteiger partial charge in [-0.3, -0.25) is 0 Å². The molecule has 0 aromatic carbocycles. The lowest BCUT2D eigenvalue weighted by Crippen LogP contribution is -2.18. The zero-order valence-electron chi connectivity index (χ0n) is 23.5. The second-order valence-corrected chi connectivity index (χ2v) is 12.4. The summed E-state index contributed by atoms with van der Waals surface area (Å²) in [6.07, 6.45) is 19.7. The van der Waals surface area contributed by atoms with Gasteiger partial charge >= 0.3 is 0 Å². The lowest BCUT2D eigenvalue weighted by atomic mass is 9.95. The number of rotatable bonds is 16. The number of allylic oxidation sites excluding steroid dienone is 10. The van der Waals surface area contributed by atoms with Gasteiger partial charge in [0.25, 0.3) is 0 Å². The SMILES string of the molecule is CC(C)=CCC/C(C)=C/CC/C(C)=C/[C@H]1[C@H](COP(=O)([O-])[O-])[C@@]1(C)CC/C=C(\C)CCC=C(C)C. The maximum absolute atomic E-state index is 11.1. The number of phosphoric ester groups is 1. The van der Waals surface area contributed by atoms with Gasteiger partial charge in [0.05, 0.1) is 14.4 Å². The molecule has 0 unspecified atom stereocenters. The van der Waals surface area contributed by atoms with E-state index < -0.39 is 7.82 Å². The van der Waals surface area contributed by atoms with Crippen LogP contribution in [-0.4, -0.2) is 6.61 Å². The fourth-order valence-corrected chi connectivity index (χ4v) is 5.11. The predicted octanol–water partition coefficient (Wildman–Crippen LogP) is 7.98. The van der Waals surface area contributed by atoms with E-state index in [9.17, 15) is 14.4 Å². The van der Waals surface area contributed by atoms with E-state index in [1.54, 1.807) is 0 Å². The van der Waals surface area contributed by atoms with E-state index >= 15 is 0 Å². The predicted molar refractivity (Wildman–Crippen MR) is 146 cm³/mol. The normalized spacial score (nSPS) is 23.3. The third-order valence-corrected chi connectivity index (χ3v) is 7.66. The Labute approximate surface area is 215 Å². The lowest BCUT2D eigenvalue weighted by molar-refractivity contribution is -0.342. The van der Waals surface area contributed by atoms with Crippen LogP contribution in [0.15, 0.2) is 58.2 Å². The van der Waals surface area contributed by atoms with Gasteiger partial charge in [0.15, 0.2) is 0 Å². The smallest absolute Gasteiger partial charge is 0.0596 e. The number of hydrogen-bond donors (Lipinski definition) is 0. The summed E-state index contributed by atoms with van der Waals surface area (Å²) in [5.74, 6) is 0.311. The first-order valence-electron chi connectivity index (χ1n) is 13.2. The van der Waals surface area contributed by atoms with Crippen molar-refractivity contribution in [1.29, 1.82) is 0 Å². The molecule has 0 aromatic heterocycles. The van der Waals surface area contributed by atoms with Crippen molar-refractivity contribution in [3.8, 4) is 0 Å². The fourth-order valence-electron chi connectivity index (χ4n) is 4.77. The Balaban J connectivity index is 2.71. The highest BCUT2D eigenvalue weighted by Crippen LogP contribution is 2.63. The van der Waals surface area contributed by atoms with Gasteiger partial charge in [-0.25, -0.2) is 0 Å². The summed E-state index contributed by atoms with van der Waals surface area (Å²) in [6, 6.07) is 0. The highest BCUT2D eigenvalue weighted by molar-refractivity contribution is 7.43. The van der Waals surface area contributed by atoms with Crippen LogP contribution in [-0.2, 0) is 9.09 Å². The average molecular weight is 505 g/mol. The van der Waals surface area contributed by atoms with E-state index in [2.05, 4.69) is 85.8 Å². The summed E-state index contributed by atoms with van der Waals surface area (Å²) in [5.41, 5.74) is 6.80. The highest BCUT2D eigenvalue weighted by atomic mass is 31.2. The Morgan fingerprint density at radius 1 is 0.771 bits per heavy atom. The quantitative estimate of drug-likeness (QED) is 0.158. The number of hydrogen-bond acceptors (Lipinski definition) is 4. The van der Waals surface area contributed by atoms with Gasteiger partial charge in [-0.05, 0) is 117 Å². The topological polar surface area (TPSA) is 72.4 Å². The van der Waals surface area contributed by atoms with Crippen molar-refractivity contribution in [3.63, 3.8) is 0 Å². The van der Waals surface area contributed by atoms with Gasteiger partial charge in [0, 0.05) is 0 Å². The lowest BCUT2D eigenvalue weighted by Gasteiger charge is -2.28. The van der Waals surface area contributed by atoms with Crippen LogP contribution in [0.3, 0.4) is 0 Å². The Morgan fingerprint density at radius 3 is 1.71 bits per heavy atom. The molecule has 1 aliphatic carbocycles. The molecule has 0 heterocycles. The van der Waals surface area contributed by atoms with Crippen LogP contribution >= 0.6 is 7.82 Å². The van der Waals surface area contributed by atoms with Crippen molar-refractivity contribution in [1.82, 2.24) is 0 Å². The standard InChI is InChI=1S/C30H51O4P/c1-23(2)13-9-15-25(5)17-11-18-27(7)21-28-29(22-34-35(31,32)33)30(28,8)20-12-19-26(6)16-10-14-24(3)4/h13-14,17,19,21,28-29H,9-12,15-16,18,20,22H2,1-8H3,(H2,31,32,33)/p-2/b25-17+,26-19+,27-21+/t28-,29-,30-/m0/s1. The Bertz CT molecular complexity index is 863. The van der Waals surface area contributed by atoms with E-state index in [1.165, 1.54) is 27.9 Å². The van der Waals surface area contributed by atoms with Crippen LogP contribution in [0.2, 0.25) is 0 Å². The molecule has 0 aliphatic heterocycles. The minimum absolute atomic E-state index is 0.0120. The van der Waals surface area contributed by atoms with Crippen molar-refractivity contribution in [2.24, 2.45) is 17.3 Å². The summed E-state index contributed by atoms with van der Waals surface area (Å²) in [7, 11) is -4.95. The van der Waals surface area contributed by atoms with Gasteiger partial charge < -0.3 is 18.9 Å². The van der Waals surface area contributed by atoms with E-state index in [0.29, 0.717) is 0 Å². The van der Waals surface area contributed by atoms with Gasteiger partial charge in [0.1, 0.15) is 0 Å². The molecule has 0 saturated heterocycles. The molecule has 0 N–H and O–H groups in total. The van der Waals surface area contributed by atoms with Gasteiger partial charge in [-0.1, -0.05) is 65.2 Å². The molecular formula is C30H49O4P-2. The first kappa shape index (κ1) is 31.8. The van der Waals surface area contributed by atoms with Crippen LogP contribution in [0.5, 0.6) is 0 Å². The van der Waals surface area contributed by atoms with E-state index in [1.807, 2.05) is 0 Å². The van der Waals surface area contributed by atoms with E-state index in [4.69, 9.17) is 4.52 Å². The molecule has 3 atom stereocenters. The zero-order valence-corrected chi connectivity index (χ0v) is 24.4.